The minimum Gasteiger partial charge on any atom is -0.373 e. The van der Waals surface area contributed by atoms with Gasteiger partial charge in [0.2, 0.25) is 0 Å². The molecule has 2 heteroatoms. The Kier molecular flexibility index (Phi) is 4.56. The predicted octanol–water partition coefficient (Wildman–Crippen LogP) is 2.13. The summed E-state index contributed by atoms with van der Waals surface area (Å²) in [5, 5.41) is 8.61. The monoisotopic (exact) mass is 153 g/mol. The van der Waals surface area contributed by atoms with Crippen molar-refractivity contribution in [1.82, 2.24) is 0 Å². The van der Waals surface area contributed by atoms with E-state index in [0.29, 0.717) is 6.61 Å². The highest BCUT2D eigenvalue weighted by Gasteiger charge is 2.16. The Morgan fingerprint density at radius 1 is 1.73 bits per heavy atom. The summed E-state index contributed by atoms with van der Waals surface area (Å²) >= 11 is 0. The van der Waals surface area contributed by atoms with Crippen molar-refractivity contribution in [3.8, 4) is 6.07 Å². The van der Waals surface area contributed by atoms with E-state index in [0.717, 1.165) is 5.57 Å². The highest BCUT2D eigenvalue weighted by Crippen LogP contribution is 2.13. The van der Waals surface area contributed by atoms with Gasteiger partial charge in [0.15, 0.2) is 0 Å². The van der Waals surface area contributed by atoms with Crippen molar-refractivity contribution >= 4 is 0 Å². The molecule has 0 heterocycles. The van der Waals surface area contributed by atoms with Gasteiger partial charge in [-0.2, -0.15) is 5.26 Å². The summed E-state index contributed by atoms with van der Waals surface area (Å²) in [6.07, 6.45) is -0.106. The van der Waals surface area contributed by atoms with E-state index in [2.05, 4.69) is 12.6 Å². The smallest absolute Gasteiger partial charge is 0.0934 e. The van der Waals surface area contributed by atoms with Gasteiger partial charge < -0.3 is 4.74 Å². The molecule has 0 N–H and O–H groups in total. The lowest BCUT2D eigenvalue weighted by molar-refractivity contribution is 0.0667. The second-order valence-corrected chi connectivity index (χ2v) is 2.64. The SMILES string of the molecule is C=C(C)[C@H](OCC)[C@H](C)C#N. The molecule has 0 aliphatic rings. The minimum absolute atomic E-state index is 0.104. The Morgan fingerprint density at radius 3 is 2.55 bits per heavy atom. The normalized spacial score (nSPS) is 15.1. The van der Waals surface area contributed by atoms with E-state index in [9.17, 15) is 0 Å². The van der Waals surface area contributed by atoms with Crippen LogP contribution in [0.2, 0.25) is 0 Å². The van der Waals surface area contributed by atoms with Crippen LogP contribution in [0.25, 0.3) is 0 Å². The van der Waals surface area contributed by atoms with E-state index in [-0.39, 0.29) is 12.0 Å². The summed E-state index contributed by atoms with van der Waals surface area (Å²) in [5.41, 5.74) is 0.918. The maximum atomic E-state index is 8.61. The Hall–Kier alpha value is -0.810. The maximum absolute atomic E-state index is 8.61. The van der Waals surface area contributed by atoms with Crippen molar-refractivity contribution in [2.75, 3.05) is 6.61 Å². The first-order valence-electron chi connectivity index (χ1n) is 3.80. The van der Waals surface area contributed by atoms with Crippen LogP contribution in [0, 0.1) is 17.2 Å². The van der Waals surface area contributed by atoms with Crippen molar-refractivity contribution in [3.63, 3.8) is 0 Å². The number of nitrogens with zero attached hydrogens (tertiary/aromatic N) is 1. The molecular formula is C9H15NO. The molecule has 0 unspecified atom stereocenters. The van der Waals surface area contributed by atoms with Gasteiger partial charge in [-0.1, -0.05) is 12.2 Å². The van der Waals surface area contributed by atoms with Crippen LogP contribution in [0.4, 0.5) is 0 Å². The quantitative estimate of drug-likeness (QED) is 0.579. The molecule has 0 saturated carbocycles. The predicted molar refractivity (Wildman–Crippen MR) is 45.0 cm³/mol. The van der Waals surface area contributed by atoms with Crippen molar-refractivity contribution in [2.24, 2.45) is 5.92 Å². The number of ether oxygens (including phenoxy) is 1. The Balaban J connectivity index is 4.12. The summed E-state index contributed by atoms with van der Waals surface area (Å²) < 4.78 is 5.33. The fourth-order valence-electron chi connectivity index (χ4n) is 0.961. The van der Waals surface area contributed by atoms with Crippen LogP contribution in [0.3, 0.4) is 0 Å². The van der Waals surface area contributed by atoms with E-state index in [1.807, 2.05) is 20.8 Å². The molecule has 0 aromatic carbocycles. The number of rotatable bonds is 4. The maximum Gasteiger partial charge on any atom is 0.0934 e. The number of nitriles is 1. The summed E-state index contributed by atoms with van der Waals surface area (Å²) in [7, 11) is 0. The van der Waals surface area contributed by atoms with E-state index in [1.54, 1.807) is 0 Å². The van der Waals surface area contributed by atoms with E-state index < -0.39 is 0 Å². The molecule has 2 atom stereocenters. The molecule has 0 saturated heterocycles. The van der Waals surface area contributed by atoms with Gasteiger partial charge >= 0.3 is 0 Å². The van der Waals surface area contributed by atoms with Crippen LogP contribution >= 0.6 is 0 Å². The molecule has 0 aromatic rings. The topological polar surface area (TPSA) is 33.0 Å². The summed E-state index contributed by atoms with van der Waals surface area (Å²) in [6, 6.07) is 2.15. The third-order valence-electron chi connectivity index (χ3n) is 1.49. The van der Waals surface area contributed by atoms with E-state index >= 15 is 0 Å². The number of hydrogen-bond donors (Lipinski definition) is 0. The molecule has 0 fully saturated rings. The molecule has 0 aliphatic carbocycles. The fourth-order valence-corrected chi connectivity index (χ4v) is 0.961. The molecule has 0 rings (SSSR count). The molecule has 62 valence electrons. The molecule has 0 bridgehead atoms. The Morgan fingerprint density at radius 2 is 2.27 bits per heavy atom. The lowest BCUT2D eigenvalue weighted by Gasteiger charge is -2.18. The van der Waals surface area contributed by atoms with Crippen LogP contribution in [0.1, 0.15) is 20.8 Å². The zero-order chi connectivity index (χ0) is 8.85. The van der Waals surface area contributed by atoms with Gasteiger partial charge in [-0.15, -0.1) is 0 Å². The van der Waals surface area contributed by atoms with Crippen molar-refractivity contribution in [3.05, 3.63) is 12.2 Å². The fraction of sp³-hybridized carbons (Fsp3) is 0.667. The Labute approximate surface area is 68.5 Å². The van der Waals surface area contributed by atoms with Gasteiger partial charge in [-0.25, -0.2) is 0 Å². The zero-order valence-electron chi connectivity index (χ0n) is 7.42. The van der Waals surface area contributed by atoms with E-state index in [1.165, 1.54) is 0 Å². The summed E-state index contributed by atoms with van der Waals surface area (Å²) in [6.45, 7) is 10.0. The van der Waals surface area contributed by atoms with Gasteiger partial charge in [-0.3, -0.25) is 0 Å². The van der Waals surface area contributed by atoms with Gasteiger partial charge in [0.05, 0.1) is 18.1 Å². The van der Waals surface area contributed by atoms with Crippen LogP contribution in [0.5, 0.6) is 0 Å². The molecule has 0 radical (unpaired) electrons. The summed E-state index contributed by atoms with van der Waals surface area (Å²) in [4.78, 5) is 0. The van der Waals surface area contributed by atoms with Crippen molar-refractivity contribution < 1.29 is 4.74 Å². The average molecular weight is 153 g/mol. The molecule has 0 amide bonds. The average Bonchev–Trinajstić information content (AvgIpc) is 1.98. The lowest BCUT2D eigenvalue weighted by Crippen LogP contribution is -2.21. The second kappa shape index (κ2) is 4.92. The molecule has 2 nitrogen and oxygen atoms in total. The lowest BCUT2D eigenvalue weighted by atomic mass is 10.0. The molecule has 0 aromatic heterocycles. The van der Waals surface area contributed by atoms with Crippen LogP contribution in [0.15, 0.2) is 12.2 Å². The highest BCUT2D eigenvalue weighted by atomic mass is 16.5. The second-order valence-electron chi connectivity index (χ2n) is 2.64. The zero-order valence-corrected chi connectivity index (χ0v) is 7.42. The largest absolute Gasteiger partial charge is 0.373 e. The minimum atomic E-state index is -0.106. The molecule has 0 aliphatic heterocycles. The van der Waals surface area contributed by atoms with E-state index in [4.69, 9.17) is 10.00 Å². The first-order valence-corrected chi connectivity index (χ1v) is 3.80. The standard InChI is InChI=1S/C9H15NO/c1-5-11-9(7(2)3)8(4)6-10/h8-9H,2,5H2,1,3-4H3/t8-,9+/m1/s1. The first-order chi connectivity index (χ1) is 5.13. The Bertz CT molecular complexity index is 169. The van der Waals surface area contributed by atoms with Gasteiger partial charge in [0.25, 0.3) is 0 Å². The van der Waals surface area contributed by atoms with Crippen molar-refractivity contribution in [2.45, 2.75) is 26.9 Å². The van der Waals surface area contributed by atoms with Gasteiger partial charge in [-0.05, 0) is 20.8 Å². The van der Waals surface area contributed by atoms with Crippen LogP contribution in [-0.2, 0) is 4.74 Å². The first kappa shape index (κ1) is 10.2. The van der Waals surface area contributed by atoms with Gasteiger partial charge in [0, 0.05) is 6.61 Å². The summed E-state index contributed by atoms with van der Waals surface area (Å²) in [5.74, 6) is -0.104. The third kappa shape index (κ3) is 3.20. The van der Waals surface area contributed by atoms with Gasteiger partial charge in [0.1, 0.15) is 0 Å². The van der Waals surface area contributed by atoms with Crippen LogP contribution in [-0.4, -0.2) is 12.7 Å². The van der Waals surface area contributed by atoms with Crippen LogP contribution < -0.4 is 0 Å². The number of hydrogen-bond acceptors (Lipinski definition) is 2. The molecular weight excluding hydrogens is 138 g/mol. The highest BCUT2D eigenvalue weighted by molar-refractivity contribution is 5.05. The van der Waals surface area contributed by atoms with Crippen molar-refractivity contribution in [1.29, 1.82) is 5.26 Å². The molecule has 0 spiro atoms. The third-order valence-corrected chi connectivity index (χ3v) is 1.49. The molecule has 11 heavy (non-hydrogen) atoms.